The molecule has 7 heteroatoms. The monoisotopic (exact) mass is 232 g/mol. The lowest BCUT2D eigenvalue weighted by atomic mass is 10.2. The Kier molecular flexibility index (Phi) is 1.78. The fourth-order valence-corrected chi connectivity index (χ4v) is 1.52. The van der Waals surface area contributed by atoms with Crippen LogP contribution in [0.3, 0.4) is 0 Å². The van der Waals surface area contributed by atoms with Crippen molar-refractivity contribution >= 4 is 16.5 Å². The first-order valence-electron chi connectivity index (χ1n) is 3.32. The number of carbonyl (C=O) groups is 1. The van der Waals surface area contributed by atoms with Crippen LogP contribution in [0, 0.1) is 0 Å². The van der Waals surface area contributed by atoms with Crippen LogP contribution < -0.4 is 0 Å². The molecular formula is C7H5F5OS. The quantitative estimate of drug-likeness (QED) is 0.552. The molecule has 0 saturated heterocycles. The highest BCUT2D eigenvalue weighted by Gasteiger charge is 2.65. The molecular weight excluding hydrogens is 227 g/mol. The van der Waals surface area contributed by atoms with Gasteiger partial charge in [-0.3, -0.25) is 4.79 Å². The number of carbonyl (C=O) groups excluding carboxylic acids is 1. The van der Waals surface area contributed by atoms with Crippen molar-refractivity contribution in [3.8, 4) is 0 Å². The molecule has 0 atom stereocenters. The predicted molar refractivity (Wildman–Crippen MR) is 43.2 cm³/mol. The summed E-state index contributed by atoms with van der Waals surface area (Å²) in [7, 11) is -9.64. The first kappa shape index (κ1) is 11.0. The van der Waals surface area contributed by atoms with Gasteiger partial charge in [-0.05, 0) is 12.1 Å². The molecule has 0 aliphatic carbocycles. The molecule has 0 aliphatic heterocycles. The summed E-state index contributed by atoms with van der Waals surface area (Å²) in [6.07, 6.45) is 0.0764. The smallest absolute Gasteiger partial charge is 0.298 e. The van der Waals surface area contributed by atoms with E-state index in [1.807, 2.05) is 0 Å². The van der Waals surface area contributed by atoms with Gasteiger partial charge < -0.3 is 0 Å². The molecule has 0 bridgehead atoms. The van der Waals surface area contributed by atoms with Crippen LogP contribution >= 0.6 is 10.2 Å². The second-order valence-corrected chi connectivity index (χ2v) is 5.07. The second kappa shape index (κ2) is 2.28. The zero-order valence-corrected chi connectivity index (χ0v) is 7.41. The largest absolute Gasteiger partial charge is 0.310 e. The second-order valence-electron chi connectivity index (χ2n) is 2.66. The number of rotatable bonds is 2. The Morgan fingerprint density at radius 2 is 1.64 bits per heavy atom. The fraction of sp³-hybridized carbons (Fsp3) is 0. The Hall–Kier alpha value is -1.11. The number of hydrogen-bond acceptors (Lipinski definition) is 1. The van der Waals surface area contributed by atoms with Crippen LogP contribution in [-0.2, 0) is 0 Å². The Morgan fingerprint density at radius 3 is 2.07 bits per heavy atom. The molecule has 0 radical (unpaired) electrons. The average molecular weight is 232 g/mol. The molecule has 0 heterocycles. The topological polar surface area (TPSA) is 17.1 Å². The van der Waals surface area contributed by atoms with Gasteiger partial charge >= 0.3 is 10.2 Å². The van der Waals surface area contributed by atoms with Gasteiger partial charge in [0.05, 0.1) is 0 Å². The van der Waals surface area contributed by atoms with Gasteiger partial charge in [0.1, 0.15) is 11.2 Å². The van der Waals surface area contributed by atoms with E-state index in [0.29, 0.717) is 0 Å². The van der Waals surface area contributed by atoms with Gasteiger partial charge in [0, 0.05) is 5.56 Å². The van der Waals surface area contributed by atoms with E-state index in [0.717, 1.165) is 12.1 Å². The van der Waals surface area contributed by atoms with E-state index >= 15 is 0 Å². The van der Waals surface area contributed by atoms with Crippen molar-refractivity contribution in [3.05, 3.63) is 29.8 Å². The van der Waals surface area contributed by atoms with Crippen LogP contribution in [0.1, 0.15) is 10.4 Å². The third-order valence-electron chi connectivity index (χ3n) is 1.44. The van der Waals surface area contributed by atoms with Crippen LogP contribution in [0.2, 0.25) is 0 Å². The van der Waals surface area contributed by atoms with Crippen molar-refractivity contribution in [1.82, 2.24) is 0 Å². The zero-order chi connectivity index (χ0) is 11.1. The molecule has 0 fully saturated rings. The lowest BCUT2D eigenvalue weighted by Crippen LogP contribution is -2.06. The number of halogens is 5. The summed E-state index contributed by atoms with van der Waals surface area (Å²) in [4.78, 5) is 8.05. The van der Waals surface area contributed by atoms with Crippen molar-refractivity contribution < 1.29 is 24.2 Å². The lowest BCUT2D eigenvalue weighted by molar-refractivity contribution is 0.112. The van der Waals surface area contributed by atoms with E-state index in [1.165, 1.54) is 0 Å². The molecule has 1 aromatic rings. The van der Waals surface area contributed by atoms with E-state index in [1.54, 1.807) is 0 Å². The summed E-state index contributed by atoms with van der Waals surface area (Å²) in [5.74, 6) is 0. The van der Waals surface area contributed by atoms with Gasteiger partial charge in [0.25, 0.3) is 0 Å². The highest BCUT2D eigenvalue weighted by molar-refractivity contribution is 8.45. The van der Waals surface area contributed by atoms with Crippen LogP contribution in [0.5, 0.6) is 0 Å². The van der Waals surface area contributed by atoms with E-state index in [2.05, 4.69) is 0 Å². The summed E-state index contributed by atoms with van der Waals surface area (Å²) in [6, 6.07) is 2.15. The molecule has 0 amide bonds. The number of benzene rings is 1. The SMILES string of the molecule is O=Cc1cccc(S(F)(F)(F)(F)F)c1. The van der Waals surface area contributed by atoms with E-state index in [4.69, 9.17) is 0 Å². The third kappa shape index (κ3) is 2.44. The molecule has 0 saturated carbocycles. The summed E-state index contributed by atoms with van der Waals surface area (Å²) >= 11 is 0. The zero-order valence-electron chi connectivity index (χ0n) is 6.59. The minimum absolute atomic E-state index is 0.0764. The molecule has 0 aliphatic rings. The Balaban J connectivity index is 3.43. The normalized spacial score (nSPS) is 16.9. The van der Waals surface area contributed by atoms with E-state index < -0.39 is 20.7 Å². The first-order chi connectivity index (χ1) is 6.03. The molecule has 0 unspecified atom stereocenters. The standard InChI is InChI=1S/C7H5F5OS/c8-14(9,10,11,12)7-3-1-2-6(4-7)5-13/h1-5H. The molecule has 1 rings (SSSR count). The van der Waals surface area contributed by atoms with Gasteiger partial charge in [-0.1, -0.05) is 31.6 Å². The molecule has 0 aromatic heterocycles. The predicted octanol–water partition coefficient (Wildman–Crippen LogP) is 4.16. The maximum Gasteiger partial charge on any atom is 0.310 e. The maximum atomic E-state index is 12.1. The highest BCUT2D eigenvalue weighted by atomic mass is 32.5. The molecule has 0 N–H and O–H groups in total. The Morgan fingerprint density at radius 1 is 1.07 bits per heavy atom. The minimum Gasteiger partial charge on any atom is -0.298 e. The molecule has 1 aromatic carbocycles. The van der Waals surface area contributed by atoms with Crippen LogP contribution in [0.15, 0.2) is 29.2 Å². The maximum absolute atomic E-state index is 12.1. The van der Waals surface area contributed by atoms with Gasteiger partial charge in [-0.25, -0.2) is 0 Å². The molecule has 0 spiro atoms. The fourth-order valence-electron chi connectivity index (χ4n) is 0.828. The highest BCUT2D eigenvalue weighted by Crippen LogP contribution is 3.02. The molecule has 80 valence electrons. The summed E-state index contributed by atoms with van der Waals surface area (Å²) in [5.41, 5.74) is -0.434. The van der Waals surface area contributed by atoms with Gasteiger partial charge in [-0.2, -0.15) is 0 Å². The van der Waals surface area contributed by atoms with Crippen LogP contribution in [0.25, 0.3) is 0 Å². The summed E-state index contributed by atoms with van der Waals surface area (Å²) in [6.45, 7) is 0. The minimum atomic E-state index is -9.64. The first-order valence-corrected chi connectivity index (χ1v) is 5.27. The number of aldehydes is 1. The summed E-state index contributed by atoms with van der Waals surface area (Å²) in [5, 5.41) is 0. The summed E-state index contributed by atoms with van der Waals surface area (Å²) < 4.78 is 60.7. The molecule has 1 nitrogen and oxygen atoms in total. The van der Waals surface area contributed by atoms with Crippen molar-refractivity contribution in [3.63, 3.8) is 0 Å². The van der Waals surface area contributed by atoms with E-state index in [-0.39, 0.29) is 18.4 Å². The third-order valence-corrected chi connectivity index (χ3v) is 2.58. The van der Waals surface area contributed by atoms with Gasteiger partial charge in [0.15, 0.2) is 0 Å². The van der Waals surface area contributed by atoms with Crippen LogP contribution in [0.4, 0.5) is 19.4 Å². The Bertz CT molecular complexity index is 381. The van der Waals surface area contributed by atoms with Crippen LogP contribution in [-0.4, -0.2) is 6.29 Å². The van der Waals surface area contributed by atoms with Crippen molar-refractivity contribution in [2.75, 3.05) is 0 Å². The van der Waals surface area contributed by atoms with Gasteiger partial charge in [0.2, 0.25) is 0 Å². The van der Waals surface area contributed by atoms with Crippen molar-refractivity contribution in [2.24, 2.45) is 0 Å². The average Bonchev–Trinajstić information content (AvgIpc) is 2.01. The number of hydrogen-bond donors (Lipinski definition) is 0. The Labute approximate surface area is 76.3 Å². The van der Waals surface area contributed by atoms with Crippen molar-refractivity contribution in [1.29, 1.82) is 0 Å². The van der Waals surface area contributed by atoms with Crippen molar-refractivity contribution in [2.45, 2.75) is 4.90 Å². The lowest BCUT2D eigenvalue weighted by Gasteiger charge is -2.40. The molecule has 14 heavy (non-hydrogen) atoms. The van der Waals surface area contributed by atoms with Gasteiger partial charge in [-0.15, -0.1) is 0 Å². The van der Waals surface area contributed by atoms with E-state index in [9.17, 15) is 24.2 Å².